The zero-order valence-electron chi connectivity index (χ0n) is 14.9. The summed E-state index contributed by atoms with van der Waals surface area (Å²) in [5.41, 5.74) is 1.84. The number of amides is 1. The Morgan fingerprint density at radius 1 is 1.19 bits per heavy atom. The van der Waals surface area contributed by atoms with Crippen LogP contribution >= 0.6 is 11.6 Å². The quantitative estimate of drug-likeness (QED) is 0.654. The second kappa shape index (κ2) is 8.09. The van der Waals surface area contributed by atoms with Crippen LogP contribution < -0.4 is 5.32 Å². The molecule has 0 spiro atoms. The summed E-state index contributed by atoms with van der Waals surface area (Å²) in [5, 5.41) is 15.8. The van der Waals surface area contributed by atoms with Crippen LogP contribution in [-0.4, -0.2) is 31.9 Å². The standard InChI is InChI=1S/C19H18ClN5O2/c1-3-17(19(27)21-16-6-4-5-14(11-16)12(2)26)25-23-18(22-24-25)13-7-9-15(20)10-8-13/h4-11,17H,3H2,1-2H3,(H,21,27). The first-order chi connectivity index (χ1) is 13.0. The van der Waals surface area contributed by atoms with E-state index in [0.717, 1.165) is 5.56 Å². The topological polar surface area (TPSA) is 89.8 Å². The van der Waals surface area contributed by atoms with Gasteiger partial charge in [0, 0.05) is 21.8 Å². The maximum Gasteiger partial charge on any atom is 0.251 e. The molecule has 1 unspecified atom stereocenters. The molecule has 0 fully saturated rings. The van der Waals surface area contributed by atoms with E-state index in [1.807, 2.05) is 6.92 Å². The fourth-order valence-corrected chi connectivity index (χ4v) is 2.69. The van der Waals surface area contributed by atoms with Gasteiger partial charge < -0.3 is 5.32 Å². The molecule has 2 aromatic carbocycles. The van der Waals surface area contributed by atoms with Gasteiger partial charge in [0.1, 0.15) is 0 Å². The molecule has 8 heteroatoms. The Labute approximate surface area is 161 Å². The molecule has 1 atom stereocenters. The Bertz CT molecular complexity index is 968. The minimum Gasteiger partial charge on any atom is -0.324 e. The number of Topliss-reactive ketones (excluding diaryl/α,β-unsaturated/α-hetero) is 1. The van der Waals surface area contributed by atoms with Gasteiger partial charge in [0.05, 0.1) is 0 Å². The summed E-state index contributed by atoms with van der Waals surface area (Å²) in [6.07, 6.45) is 0.481. The number of nitrogens with one attached hydrogen (secondary N) is 1. The zero-order chi connectivity index (χ0) is 19.4. The van der Waals surface area contributed by atoms with Crippen molar-refractivity contribution < 1.29 is 9.59 Å². The molecule has 0 aliphatic heterocycles. The molecule has 7 nitrogen and oxygen atoms in total. The van der Waals surface area contributed by atoms with Gasteiger partial charge in [-0.15, -0.1) is 10.2 Å². The summed E-state index contributed by atoms with van der Waals surface area (Å²) in [5.74, 6) is 0.0680. The van der Waals surface area contributed by atoms with E-state index in [9.17, 15) is 9.59 Å². The van der Waals surface area contributed by atoms with Gasteiger partial charge in [-0.1, -0.05) is 30.7 Å². The first-order valence-electron chi connectivity index (χ1n) is 8.45. The number of benzene rings is 2. The molecule has 3 aromatic rings. The van der Waals surface area contributed by atoms with Crippen LogP contribution in [0.2, 0.25) is 5.02 Å². The monoisotopic (exact) mass is 383 g/mol. The molecule has 138 valence electrons. The molecule has 0 saturated heterocycles. The van der Waals surface area contributed by atoms with Crippen LogP contribution in [0.15, 0.2) is 48.5 Å². The molecule has 0 bridgehead atoms. The minimum atomic E-state index is -0.625. The second-order valence-electron chi connectivity index (χ2n) is 5.99. The molecule has 0 aliphatic rings. The summed E-state index contributed by atoms with van der Waals surface area (Å²) in [6.45, 7) is 3.34. The van der Waals surface area contributed by atoms with Crippen molar-refractivity contribution >= 4 is 29.0 Å². The molecule has 27 heavy (non-hydrogen) atoms. The number of tetrazole rings is 1. The van der Waals surface area contributed by atoms with Crippen LogP contribution in [0, 0.1) is 0 Å². The van der Waals surface area contributed by atoms with Crippen molar-refractivity contribution in [1.82, 2.24) is 20.2 Å². The number of rotatable bonds is 6. The molecule has 1 heterocycles. The highest BCUT2D eigenvalue weighted by Crippen LogP contribution is 2.19. The normalized spacial score (nSPS) is 11.8. The lowest BCUT2D eigenvalue weighted by molar-refractivity contribution is -0.120. The predicted octanol–water partition coefficient (Wildman–Crippen LogP) is 3.79. The van der Waals surface area contributed by atoms with Gasteiger partial charge in [-0.3, -0.25) is 9.59 Å². The summed E-state index contributed by atoms with van der Waals surface area (Å²) in [7, 11) is 0. The predicted molar refractivity (Wildman–Crippen MR) is 103 cm³/mol. The van der Waals surface area contributed by atoms with Crippen molar-refractivity contribution in [2.45, 2.75) is 26.3 Å². The highest BCUT2D eigenvalue weighted by atomic mass is 35.5. The van der Waals surface area contributed by atoms with E-state index in [4.69, 9.17) is 11.6 Å². The maximum absolute atomic E-state index is 12.7. The number of carbonyl (C=O) groups is 2. The van der Waals surface area contributed by atoms with E-state index in [0.29, 0.717) is 28.5 Å². The fraction of sp³-hybridized carbons (Fsp3) is 0.211. The zero-order valence-corrected chi connectivity index (χ0v) is 15.6. The van der Waals surface area contributed by atoms with E-state index in [1.165, 1.54) is 11.7 Å². The first-order valence-corrected chi connectivity index (χ1v) is 8.83. The van der Waals surface area contributed by atoms with Crippen LogP contribution in [0.5, 0.6) is 0 Å². The number of hydrogen-bond donors (Lipinski definition) is 1. The number of hydrogen-bond acceptors (Lipinski definition) is 5. The van der Waals surface area contributed by atoms with Gasteiger partial charge in [-0.25, -0.2) is 0 Å². The van der Waals surface area contributed by atoms with Crippen molar-refractivity contribution in [1.29, 1.82) is 0 Å². The lowest BCUT2D eigenvalue weighted by Crippen LogP contribution is -2.27. The van der Waals surface area contributed by atoms with Crippen molar-refractivity contribution in [3.63, 3.8) is 0 Å². The number of ketones is 1. The van der Waals surface area contributed by atoms with Crippen LogP contribution in [0.1, 0.15) is 36.7 Å². The average molecular weight is 384 g/mol. The Kier molecular flexibility index (Phi) is 5.61. The van der Waals surface area contributed by atoms with Crippen molar-refractivity contribution in [3.8, 4) is 11.4 Å². The number of aromatic nitrogens is 4. The molecule has 1 amide bonds. The molecule has 0 aliphatic carbocycles. The van der Waals surface area contributed by atoms with Crippen molar-refractivity contribution in [2.24, 2.45) is 0 Å². The third-order valence-corrected chi connectivity index (χ3v) is 4.29. The van der Waals surface area contributed by atoms with Crippen molar-refractivity contribution in [3.05, 3.63) is 59.1 Å². The highest BCUT2D eigenvalue weighted by molar-refractivity contribution is 6.30. The summed E-state index contributed by atoms with van der Waals surface area (Å²) >= 11 is 5.89. The van der Waals surface area contributed by atoms with Crippen LogP contribution in [0.25, 0.3) is 11.4 Å². The van der Waals surface area contributed by atoms with Gasteiger partial charge in [-0.2, -0.15) is 4.80 Å². The lowest BCUT2D eigenvalue weighted by Gasteiger charge is -2.14. The SMILES string of the molecule is CCC(C(=O)Nc1cccc(C(C)=O)c1)n1nnc(-c2ccc(Cl)cc2)n1. The van der Waals surface area contributed by atoms with E-state index in [-0.39, 0.29) is 11.7 Å². The van der Waals surface area contributed by atoms with Gasteiger partial charge in [-0.05, 0) is 55.0 Å². The summed E-state index contributed by atoms with van der Waals surface area (Å²) < 4.78 is 0. The molecule has 1 N–H and O–H groups in total. The Morgan fingerprint density at radius 3 is 2.59 bits per heavy atom. The van der Waals surface area contributed by atoms with Crippen LogP contribution in [-0.2, 0) is 4.79 Å². The number of nitrogens with zero attached hydrogens (tertiary/aromatic N) is 4. The Morgan fingerprint density at radius 2 is 1.93 bits per heavy atom. The van der Waals surface area contributed by atoms with Gasteiger partial charge in [0.15, 0.2) is 11.8 Å². The third-order valence-electron chi connectivity index (χ3n) is 4.04. The lowest BCUT2D eigenvalue weighted by atomic mass is 10.1. The van der Waals surface area contributed by atoms with Gasteiger partial charge in [0.2, 0.25) is 5.82 Å². The van der Waals surface area contributed by atoms with E-state index >= 15 is 0 Å². The van der Waals surface area contributed by atoms with E-state index < -0.39 is 6.04 Å². The smallest absolute Gasteiger partial charge is 0.251 e. The second-order valence-corrected chi connectivity index (χ2v) is 6.43. The maximum atomic E-state index is 12.7. The van der Waals surface area contributed by atoms with E-state index in [1.54, 1.807) is 48.5 Å². The largest absolute Gasteiger partial charge is 0.324 e. The molecule has 0 radical (unpaired) electrons. The van der Waals surface area contributed by atoms with E-state index in [2.05, 4.69) is 20.7 Å². The molecule has 1 aromatic heterocycles. The highest BCUT2D eigenvalue weighted by Gasteiger charge is 2.22. The van der Waals surface area contributed by atoms with Gasteiger partial charge >= 0.3 is 0 Å². The fourth-order valence-electron chi connectivity index (χ4n) is 2.57. The average Bonchev–Trinajstić information content (AvgIpc) is 3.13. The minimum absolute atomic E-state index is 0.0660. The van der Waals surface area contributed by atoms with Crippen LogP contribution in [0.4, 0.5) is 5.69 Å². The van der Waals surface area contributed by atoms with Crippen LogP contribution in [0.3, 0.4) is 0 Å². The third kappa shape index (κ3) is 4.38. The van der Waals surface area contributed by atoms with Gasteiger partial charge in [0.25, 0.3) is 5.91 Å². The number of carbonyl (C=O) groups excluding carboxylic acids is 2. The molecule has 3 rings (SSSR count). The molecular formula is C19H18ClN5O2. The summed E-state index contributed by atoms with van der Waals surface area (Å²) in [6, 6.07) is 13.2. The number of anilines is 1. The molecule has 0 saturated carbocycles. The molecular weight excluding hydrogens is 366 g/mol. The summed E-state index contributed by atoms with van der Waals surface area (Å²) in [4.78, 5) is 25.5. The Balaban J connectivity index is 1.78. The number of halogens is 1. The first kappa shape index (κ1) is 18.7. The van der Waals surface area contributed by atoms with Crippen molar-refractivity contribution in [2.75, 3.05) is 5.32 Å². The Hall–Kier alpha value is -3.06.